The Labute approximate surface area is 135 Å². The fourth-order valence-electron chi connectivity index (χ4n) is 2.04. The van der Waals surface area contributed by atoms with E-state index < -0.39 is 29.2 Å². The number of anilines is 1. The summed E-state index contributed by atoms with van der Waals surface area (Å²) < 4.78 is 39.5. The smallest absolute Gasteiger partial charge is 0.319 e. The third-order valence-corrected chi connectivity index (χ3v) is 3.99. The Balaban J connectivity index is 1.98. The Hall–Kier alpha value is -2.06. The normalized spacial score (nSPS) is 12.3. The molecule has 2 amide bonds. The Morgan fingerprint density at radius 3 is 2.57 bits per heavy atom. The van der Waals surface area contributed by atoms with Gasteiger partial charge in [0.1, 0.15) is 0 Å². The molecule has 2 aromatic rings. The van der Waals surface area contributed by atoms with Gasteiger partial charge >= 0.3 is 6.03 Å². The molecule has 0 radical (unpaired) electrons. The summed E-state index contributed by atoms with van der Waals surface area (Å²) >= 11 is 1.55. The van der Waals surface area contributed by atoms with Crippen LogP contribution in [0.5, 0.6) is 0 Å². The lowest BCUT2D eigenvalue weighted by Crippen LogP contribution is -2.37. The van der Waals surface area contributed by atoms with Gasteiger partial charge in [0, 0.05) is 6.54 Å². The average molecular weight is 343 g/mol. The SMILES string of the molecule is CN(C)[C@H](CNC(=O)Nc1ccc(F)c(F)c1F)c1ccsc1. The lowest BCUT2D eigenvalue weighted by atomic mass is 10.1. The number of carbonyl (C=O) groups excluding carboxylic acids is 1. The fraction of sp³-hybridized carbons (Fsp3) is 0.267. The number of carbonyl (C=O) groups is 1. The van der Waals surface area contributed by atoms with Gasteiger partial charge in [0.25, 0.3) is 0 Å². The minimum absolute atomic E-state index is 0.0539. The zero-order chi connectivity index (χ0) is 17.0. The van der Waals surface area contributed by atoms with E-state index in [1.54, 1.807) is 11.3 Å². The maximum absolute atomic E-state index is 13.5. The van der Waals surface area contributed by atoms with Crippen LogP contribution < -0.4 is 10.6 Å². The number of benzene rings is 1. The molecule has 0 spiro atoms. The second kappa shape index (κ2) is 7.47. The maximum Gasteiger partial charge on any atom is 0.319 e. The average Bonchev–Trinajstić information content (AvgIpc) is 3.02. The third kappa shape index (κ3) is 4.23. The maximum atomic E-state index is 13.5. The molecule has 0 aliphatic carbocycles. The second-order valence-electron chi connectivity index (χ2n) is 5.09. The Bertz CT molecular complexity index is 677. The molecule has 0 unspecified atom stereocenters. The molecule has 124 valence electrons. The number of rotatable bonds is 5. The van der Waals surface area contributed by atoms with Crippen molar-refractivity contribution in [2.24, 2.45) is 0 Å². The molecule has 1 atom stereocenters. The van der Waals surface area contributed by atoms with E-state index in [0.29, 0.717) is 0 Å². The number of amides is 2. The van der Waals surface area contributed by atoms with Gasteiger partial charge in [-0.3, -0.25) is 0 Å². The van der Waals surface area contributed by atoms with Crippen molar-refractivity contribution in [2.45, 2.75) is 6.04 Å². The molecule has 0 fully saturated rings. The van der Waals surface area contributed by atoms with E-state index in [1.807, 2.05) is 35.8 Å². The quantitative estimate of drug-likeness (QED) is 0.815. The molecule has 0 bridgehead atoms. The first-order valence-corrected chi connectivity index (χ1v) is 7.71. The topological polar surface area (TPSA) is 44.4 Å². The monoisotopic (exact) mass is 343 g/mol. The molecular weight excluding hydrogens is 327 g/mol. The summed E-state index contributed by atoms with van der Waals surface area (Å²) in [4.78, 5) is 13.8. The highest BCUT2D eigenvalue weighted by Crippen LogP contribution is 2.21. The molecule has 1 heterocycles. The van der Waals surface area contributed by atoms with E-state index in [9.17, 15) is 18.0 Å². The van der Waals surface area contributed by atoms with E-state index in [1.165, 1.54) is 0 Å². The van der Waals surface area contributed by atoms with Crippen molar-refractivity contribution in [1.29, 1.82) is 0 Å². The van der Waals surface area contributed by atoms with Crippen molar-refractivity contribution in [3.05, 3.63) is 52.0 Å². The molecule has 0 saturated carbocycles. The van der Waals surface area contributed by atoms with Crippen molar-refractivity contribution in [1.82, 2.24) is 10.2 Å². The van der Waals surface area contributed by atoms with Crippen molar-refractivity contribution >= 4 is 23.1 Å². The Morgan fingerprint density at radius 1 is 1.22 bits per heavy atom. The van der Waals surface area contributed by atoms with Crippen LogP contribution in [0.2, 0.25) is 0 Å². The van der Waals surface area contributed by atoms with Gasteiger partial charge in [-0.15, -0.1) is 0 Å². The number of hydrogen-bond donors (Lipinski definition) is 2. The van der Waals surface area contributed by atoms with Gasteiger partial charge in [-0.05, 0) is 48.6 Å². The van der Waals surface area contributed by atoms with Crippen LogP contribution in [0.25, 0.3) is 0 Å². The molecule has 1 aromatic carbocycles. The van der Waals surface area contributed by atoms with Gasteiger partial charge < -0.3 is 15.5 Å². The van der Waals surface area contributed by atoms with Gasteiger partial charge in [0.15, 0.2) is 17.5 Å². The van der Waals surface area contributed by atoms with E-state index in [4.69, 9.17) is 0 Å². The van der Waals surface area contributed by atoms with Crippen molar-refractivity contribution in [3.8, 4) is 0 Å². The van der Waals surface area contributed by atoms with Crippen molar-refractivity contribution in [2.75, 3.05) is 26.0 Å². The number of hydrogen-bond acceptors (Lipinski definition) is 3. The molecule has 0 aliphatic rings. The lowest BCUT2D eigenvalue weighted by Gasteiger charge is -2.24. The molecule has 2 rings (SSSR count). The lowest BCUT2D eigenvalue weighted by molar-refractivity contribution is 0.243. The van der Waals surface area contributed by atoms with E-state index in [2.05, 4.69) is 10.6 Å². The first kappa shape index (κ1) is 17.3. The number of likely N-dealkylation sites (N-methyl/N-ethyl adjacent to an activating group) is 1. The fourth-order valence-corrected chi connectivity index (χ4v) is 2.75. The first-order chi connectivity index (χ1) is 10.9. The summed E-state index contributed by atoms with van der Waals surface area (Å²) in [5, 5.41) is 8.67. The van der Waals surface area contributed by atoms with Crippen LogP contribution in [0.1, 0.15) is 11.6 Å². The van der Waals surface area contributed by atoms with Crippen LogP contribution in [0.15, 0.2) is 29.0 Å². The van der Waals surface area contributed by atoms with Gasteiger partial charge in [-0.1, -0.05) is 0 Å². The third-order valence-electron chi connectivity index (χ3n) is 3.29. The molecule has 2 N–H and O–H groups in total. The number of thiophene rings is 1. The summed E-state index contributed by atoms with van der Waals surface area (Å²) in [6.45, 7) is 0.279. The molecule has 23 heavy (non-hydrogen) atoms. The van der Waals surface area contributed by atoms with Crippen molar-refractivity contribution in [3.63, 3.8) is 0 Å². The van der Waals surface area contributed by atoms with Crippen LogP contribution in [0, 0.1) is 17.5 Å². The summed E-state index contributed by atoms with van der Waals surface area (Å²) in [5.74, 6) is -4.35. The molecular formula is C15H16F3N3OS. The number of nitrogens with zero attached hydrogens (tertiary/aromatic N) is 1. The molecule has 0 saturated heterocycles. The second-order valence-corrected chi connectivity index (χ2v) is 5.87. The van der Waals surface area contributed by atoms with Crippen molar-refractivity contribution < 1.29 is 18.0 Å². The molecule has 8 heteroatoms. The van der Waals surface area contributed by atoms with Crippen LogP contribution in [-0.2, 0) is 0 Å². The van der Waals surface area contributed by atoms with Gasteiger partial charge in [-0.2, -0.15) is 11.3 Å². The number of urea groups is 1. The van der Waals surface area contributed by atoms with Gasteiger partial charge in [0.05, 0.1) is 11.7 Å². The highest BCUT2D eigenvalue weighted by Gasteiger charge is 2.18. The van der Waals surface area contributed by atoms with E-state index in [-0.39, 0.29) is 12.6 Å². The van der Waals surface area contributed by atoms with E-state index >= 15 is 0 Å². The van der Waals surface area contributed by atoms with Crippen LogP contribution in [0.3, 0.4) is 0 Å². The molecule has 4 nitrogen and oxygen atoms in total. The summed E-state index contributed by atoms with van der Waals surface area (Å²) in [7, 11) is 3.74. The van der Waals surface area contributed by atoms with Crippen LogP contribution in [0.4, 0.5) is 23.7 Å². The predicted molar refractivity (Wildman–Crippen MR) is 84.1 cm³/mol. The standard InChI is InChI=1S/C15H16F3N3OS/c1-21(2)12(9-5-6-23-8-9)7-19-15(22)20-11-4-3-10(16)13(17)14(11)18/h3-6,8,12H,7H2,1-2H3,(H2,19,20,22)/t12-/m1/s1. The first-order valence-electron chi connectivity index (χ1n) is 6.77. The summed E-state index contributed by atoms with van der Waals surface area (Å²) in [6.07, 6.45) is 0. The Kier molecular flexibility index (Phi) is 5.62. The van der Waals surface area contributed by atoms with E-state index in [0.717, 1.165) is 17.7 Å². The largest absolute Gasteiger partial charge is 0.336 e. The predicted octanol–water partition coefficient (Wildman–Crippen LogP) is 3.59. The zero-order valence-electron chi connectivity index (χ0n) is 12.6. The Morgan fingerprint density at radius 2 is 1.96 bits per heavy atom. The highest BCUT2D eigenvalue weighted by molar-refractivity contribution is 7.07. The summed E-state index contributed by atoms with van der Waals surface area (Å²) in [6, 6.07) is 2.92. The number of nitrogens with one attached hydrogen (secondary N) is 2. The minimum Gasteiger partial charge on any atom is -0.336 e. The van der Waals surface area contributed by atoms with Crippen LogP contribution >= 0.6 is 11.3 Å². The summed E-state index contributed by atoms with van der Waals surface area (Å²) in [5.41, 5.74) is 0.623. The molecule has 1 aromatic heterocycles. The zero-order valence-corrected chi connectivity index (χ0v) is 13.4. The minimum atomic E-state index is -1.62. The van der Waals surface area contributed by atoms with Gasteiger partial charge in [0.2, 0.25) is 0 Å². The highest BCUT2D eigenvalue weighted by atomic mass is 32.1. The number of halogens is 3. The van der Waals surface area contributed by atoms with Crippen LogP contribution in [-0.4, -0.2) is 31.6 Å². The molecule has 0 aliphatic heterocycles. The van der Waals surface area contributed by atoms with Gasteiger partial charge in [-0.25, -0.2) is 18.0 Å².